The lowest BCUT2D eigenvalue weighted by atomic mass is 10.2. The Balaban J connectivity index is 2.61. The zero-order chi connectivity index (χ0) is 16.5. The van der Waals surface area contributed by atoms with Gasteiger partial charge in [0.1, 0.15) is 6.54 Å². The normalized spacial score (nSPS) is 14.3. The summed E-state index contributed by atoms with van der Waals surface area (Å²) in [5.41, 5.74) is 0. The predicted octanol–water partition coefficient (Wildman–Crippen LogP) is 1.67. The molecular weight excluding hydrogens is 298 g/mol. The highest BCUT2D eigenvalue weighted by Crippen LogP contribution is 2.16. The van der Waals surface area contributed by atoms with Gasteiger partial charge in [-0.3, -0.25) is 4.79 Å². The van der Waals surface area contributed by atoms with Crippen LogP contribution < -0.4 is 10.6 Å². The number of likely N-dealkylation sites (N-methyl/N-ethyl adjacent to an activating group) is 1. The molecule has 1 aromatic rings. The molecule has 0 saturated carbocycles. The summed E-state index contributed by atoms with van der Waals surface area (Å²) in [4.78, 5) is 21.9. The van der Waals surface area contributed by atoms with Crippen molar-refractivity contribution in [1.29, 1.82) is 0 Å². The third kappa shape index (κ3) is 6.43. The van der Waals surface area contributed by atoms with E-state index in [1.807, 2.05) is 11.6 Å². The Morgan fingerprint density at radius 3 is 2.73 bits per heavy atom. The van der Waals surface area contributed by atoms with E-state index in [2.05, 4.69) is 41.4 Å². The van der Waals surface area contributed by atoms with E-state index in [9.17, 15) is 4.79 Å². The zero-order valence-electron chi connectivity index (χ0n) is 14.1. The number of aromatic nitrogens is 1. The highest BCUT2D eigenvalue weighted by Gasteiger charge is 2.11. The van der Waals surface area contributed by atoms with E-state index in [0.29, 0.717) is 17.9 Å². The summed E-state index contributed by atoms with van der Waals surface area (Å²) in [5.74, 6) is 0.958. The lowest BCUT2D eigenvalue weighted by Gasteiger charge is -2.19. The van der Waals surface area contributed by atoms with E-state index in [0.717, 1.165) is 18.0 Å². The predicted molar refractivity (Wildman–Crippen MR) is 92.4 cm³/mol. The van der Waals surface area contributed by atoms with E-state index in [4.69, 9.17) is 0 Å². The van der Waals surface area contributed by atoms with Crippen LogP contribution in [0.5, 0.6) is 0 Å². The Bertz CT molecular complexity index is 472. The zero-order valence-corrected chi connectivity index (χ0v) is 14.9. The van der Waals surface area contributed by atoms with Crippen molar-refractivity contribution in [3.63, 3.8) is 0 Å². The van der Waals surface area contributed by atoms with Gasteiger partial charge in [-0.1, -0.05) is 13.8 Å². The fourth-order valence-electron chi connectivity index (χ4n) is 1.59. The summed E-state index contributed by atoms with van der Waals surface area (Å²) in [7, 11) is 3.47. The molecule has 0 spiro atoms. The van der Waals surface area contributed by atoms with Gasteiger partial charge in [0, 0.05) is 44.2 Å². The molecule has 2 atom stereocenters. The minimum Gasteiger partial charge on any atom is -0.356 e. The molecule has 0 bridgehead atoms. The van der Waals surface area contributed by atoms with E-state index in [1.165, 1.54) is 0 Å². The minimum absolute atomic E-state index is 0.0155. The first kappa shape index (κ1) is 18.4. The van der Waals surface area contributed by atoms with Crippen LogP contribution >= 0.6 is 11.3 Å². The smallest absolute Gasteiger partial charge is 0.243 e. The fourth-order valence-corrected chi connectivity index (χ4v) is 2.29. The maximum Gasteiger partial charge on any atom is 0.243 e. The Labute approximate surface area is 137 Å². The first-order chi connectivity index (χ1) is 10.4. The van der Waals surface area contributed by atoms with Gasteiger partial charge >= 0.3 is 0 Å². The number of hydrogen-bond acceptors (Lipinski definition) is 4. The molecule has 0 fully saturated rings. The molecule has 0 aliphatic heterocycles. The van der Waals surface area contributed by atoms with Gasteiger partial charge in [-0.05, 0) is 13.3 Å². The molecule has 2 unspecified atom stereocenters. The van der Waals surface area contributed by atoms with Crippen LogP contribution in [-0.4, -0.2) is 55.0 Å². The Kier molecular flexibility index (Phi) is 7.87. The summed E-state index contributed by atoms with van der Waals surface area (Å²) < 4.78 is 0. The number of nitrogens with one attached hydrogen (secondary N) is 2. The highest BCUT2D eigenvalue weighted by molar-refractivity contribution is 7.09. The molecule has 0 aliphatic rings. The number of amides is 1. The Morgan fingerprint density at radius 2 is 2.18 bits per heavy atom. The topological polar surface area (TPSA) is 69.6 Å². The quantitative estimate of drug-likeness (QED) is 0.591. The fraction of sp³-hybridized carbons (Fsp3) is 0.667. The van der Waals surface area contributed by atoms with Gasteiger partial charge < -0.3 is 15.5 Å². The third-order valence-electron chi connectivity index (χ3n) is 3.32. The van der Waals surface area contributed by atoms with Gasteiger partial charge in [0.15, 0.2) is 5.96 Å². The second-order valence-electron chi connectivity index (χ2n) is 5.56. The van der Waals surface area contributed by atoms with Gasteiger partial charge in [0.05, 0.1) is 5.01 Å². The molecule has 124 valence electrons. The molecule has 0 radical (unpaired) electrons. The van der Waals surface area contributed by atoms with Crippen molar-refractivity contribution in [3.05, 3.63) is 16.6 Å². The van der Waals surface area contributed by atoms with Gasteiger partial charge in [0.2, 0.25) is 5.91 Å². The molecular formula is C15H27N5OS. The summed E-state index contributed by atoms with van der Waals surface area (Å²) in [5, 5.41) is 9.69. The van der Waals surface area contributed by atoms with Crippen LogP contribution in [0.4, 0.5) is 0 Å². The molecule has 1 rings (SSSR count). The van der Waals surface area contributed by atoms with Gasteiger partial charge in [-0.15, -0.1) is 11.3 Å². The lowest BCUT2D eigenvalue weighted by molar-refractivity contribution is -0.127. The molecule has 2 N–H and O–H groups in total. The minimum atomic E-state index is -0.0155. The van der Waals surface area contributed by atoms with E-state index in [-0.39, 0.29) is 12.5 Å². The molecule has 6 nitrogen and oxygen atoms in total. The van der Waals surface area contributed by atoms with Gasteiger partial charge in [-0.25, -0.2) is 9.98 Å². The van der Waals surface area contributed by atoms with Crippen LogP contribution in [-0.2, 0) is 4.79 Å². The van der Waals surface area contributed by atoms with Gasteiger partial charge in [0.25, 0.3) is 0 Å². The number of aliphatic imine (C=N–C) groups is 1. The molecule has 1 aromatic heterocycles. The SMILES string of the molecule is CCC(C)NC(=NCC(=O)N(C)C)NCC(C)c1nccs1. The lowest BCUT2D eigenvalue weighted by Crippen LogP contribution is -2.44. The molecule has 7 heteroatoms. The van der Waals surface area contributed by atoms with E-state index >= 15 is 0 Å². The number of hydrogen-bond donors (Lipinski definition) is 2. The largest absolute Gasteiger partial charge is 0.356 e. The molecule has 0 aliphatic carbocycles. The van der Waals surface area contributed by atoms with Crippen molar-refractivity contribution in [2.24, 2.45) is 4.99 Å². The number of rotatable bonds is 7. The number of carbonyl (C=O) groups excluding carboxylic acids is 1. The molecule has 22 heavy (non-hydrogen) atoms. The number of carbonyl (C=O) groups is 1. The summed E-state index contributed by atoms with van der Waals surface area (Å²) >= 11 is 1.65. The molecule has 1 heterocycles. The van der Waals surface area contributed by atoms with Crippen molar-refractivity contribution >= 4 is 23.2 Å². The molecule has 1 amide bonds. The molecule has 0 saturated heterocycles. The number of nitrogens with zero attached hydrogens (tertiary/aromatic N) is 3. The van der Waals surface area contributed by atoms with Crippen molar-refractivity contribution < 1.29 is 4.79 Å². The van der Waals surface area contributed by atoms with Crippen LogP contribution in [0.2, 0.25) is 0 Å². The van der Waals surface area contributed by atoms with Crippen molar-refractivity contribution in [2.75, 3.05) is 27.2 Å². The van der Waals surface area contributed by atoms with Crippen LogP contribution in [0.25, 0.3) is 0 Å². The van der Waals surface area contributed by atoms with E-state index < -0.39 is 0 Å². The Morgan fingerprint density at radius 1 is 1.45 bits per heavy atom. The summed E-state index contributed by atoms with van der Waals surface area (Å²) in [6.45, 7) is 7.20. The highest BCUT2D eigenvalue weighted by atomic mass is 32.1. The van der Waals surface area contributed by atoms with Crippen LogP contribution in [0.1, 0.15) is 38.1 Å². The summed E-state index contributed by atoms with van der Waals surface area (Å²) in [6.07, 6.45) is 2.81. The van der Waals surface area contributed by atoms with Crippen molar-refractivity contribution in [1.82, 2.24) is 20.5 Å². The van der Waals surface area contributed by atoms with Gasteiger partial charge in [-0.2, -0.15) is 0 Å². The monoisotopic (exact) mass is 325 g/mol. The maximum absolute atomic E-state index is 11.7. The summed E-state index contributed by atoms with van der Waals surface area (Å²) in [6, 6.07) is 0.302. The third-order valence-corrected chi connectivity index (χ3v) is 4.32. The number of thiazole rings is 1. The molecule has 0 aromatic carbocycles. The first-order valence-electron chi connectivity index (χ1n) is 7.58. The second kappa shape index (κ2) is 9.40. The second-order valence-corrected chi connectivity index (χ2v) is 6.49. The average Bonchev–Trinajstić information content (AvgIpc) is 3.03. The maximum atomic E-state index is 11.7. The van der Waals surface area contributed by atoms with Crippen molar-refractivity contribution in [2.45, 2.75) is 39.2 Å². The number of guanidine groups is 1. The van der Waals surface area contributed by atoms with E-state index in [1.54, 1.807) is 30.3 Å². The first-order valence-corrected chi connectivity index (χ1v) is 8.46. The average molecular weight is 325 g/mol. The van der Waals surface area contributed by atoms with Crippen molar-refractivity contribution in [3.8, 4) is 0 Å². The van der Waals surface area contributed by atoms with Crippen LogP contribution in [0.3, 0.4) is 0 Å². The van der Waals surface area contributed by atoms with Crippen LogP contribution in [0, 0.1) is 0 Å². The van der Waals surface area contributed by atoms with Crippen LogP contribution in [0.15, 0.2) is 16.6 Å². The standard InChI is InChI=1S/C15H27N5OS/c1-6-12(3)19-15(18-10-13(21)20(4)5)17-9-11(2)14-16-7-8-22-14/h7-8,11-12H,6,9-10H2,1-5H3,(H2,17,18,19). The Hall–Kier alpha value is -1.63.